The van der Waals surface area contributed by atoms with E-state index in [0.717, 1.165) is 59.7 Å². The molecule has 0 saturated heterocycles. The molecule has 9 aromatic rings. The van der Waals surface area contributed by atoms with Gasteiger partial charge in [-0.15, -0.1) is 0 Å². The highest BCUT2D eigenvalue weighted by molar-refractivity contribution is 7.00. The van der Waals surface area contributed by atoms with Gasteiger partial charge in [-0.3, -0.25) is 0 Å². The highest BCUT2D eigenvalue weighted by Crippen LogP contribution is 2.58. The first-order chi connectivity index (χ1) is 36.2. The molecule has 3 aliphatic carbocycles. The number of nitrogens with zero attached hydrogens (tertiary/aromatic N) is 3. The van der Waals surface area contributed by atoms with Gasteiger partial charge in [0.15, 0.2) is 0 Å². The van der Waals surface area contributed by atoms with Gasteiger partial charge in [0.1, 0.15) is 5.58 Å². The average molecular weight is 992 g/mol. The highest BCUT2D eigenvalue weighted by atomic mass is 16.3. The highest BCUT2D eigenvalue weighted by Gasteiger charge is 2.51. The number of furan rings is 1. The summed E-state index contributed by atoms with van der Waals surface area (Å²) in [6.07, 6.45) is 4.53. The summed E-state index contributed by atoms with van der Waals surface area (Å²) in [5.74, 6) is 0. The first-order valence-corrected chi connectivity index (χ1v) is 28.0. The van der Waals surface area contributed by atoms with Crippen LogP contribution >= 0.6 is 0 Å². The Hall–Kier alpha value is -7.24. The molecule has 378 valence electrons. The summed E-state index contributed by atoms with van der Waals surface area (Å²) in [7, 11) is 0. The molecular weight excluding hydrogens is 922 g/mol. The van der Waals surface area contributed by atoms with Crippen LogP contribution in [0.2, 0.25) is 0 Å². The summed E-state index contributed by atoms with van der Waals surface area (Å²) in [6.45, 7) is 28.8. The van der Waals surface area contributed by atoms with Crippen LogP contribution in [-0.2, 0) is 27.1 Å². The van der Waals surface area contributed by atoms with Crippen molar-refractivity contribution < 1.29 is 4.42 Å². The van der Waals surface area contributed by atoms with Crippen molar-refractivity contribution in [3.8, 4) is 11.1 Å². The summed E-state index contributed by atoms with van der Waals surface area (Å²) >= 11 is 0. The van der Waals surface area contributed by atoms with E-state index < -0.39 is 0 Å². The van der Waals surface area contributed by atoms with Crippen LogP contribution in [0.15, 0.2) is 162 Å². The Kier molecular flexibility index (Phi) is 9.89. The molecule has 0 amide bonds. The number of hydrogen-bond acceptors (Lipinski definition) is 4. The SMILES string of the molecule is Cc1cc(C)cc(N2c3cc4c(cc3B3c5oc6cc7c(cc6c5N(c5cccc6c5-c5ccccc5C6(C)C)c5cc(N(c6ccccc6)c6ccccc6)cc2c53)C(C)(C)CCC7(C)C)C(C)(C)CCC4(C)C)c1. The number of para-hydroxylation sites is 2. The van der Waals surface area contributed by atoms with E-state index in [2.05, 4.69) is 256 Å². The molecule has 0 bridgehead atoms. The predicted molar refractivity (Wildman–Crippen MR) is 323 cm³/mol. The van der Waals surface area contributed by atoms with Crippen molar-refractivity contribution in [2.45, 2.75) is 136 Å². The van der Waals surface area contributed by atoms with Crippen molar-refractivity contribution in [2.24, 2.45) is 0 Å². The molecule has 1 aromatic heterocycles. The Morgan fingerprint density at radius 2 is 0.974 bits per heavy atom. The van der Waals surface area contributed by atoms with Crippen molar-refractivity contribution in [2.75, 3.05) is 14.7 Å². The van der Waals surface area contributed by atoms with E-state index >= 15 is 0 Å². The van der Waals surface area contributed by atoms with Crippen LogP contribution in [0.25, 0.3) is 22.1 Å². The van der Waals surface area contributed by atoms with Gasteiger partial charge in [0.05, 0.1) is 22.7 Å². The van der Waals surface area contributed by atoms with E-state index in [-0.39, 0.29) is 33.8 Å². The van der Waals surface area contributed by atoms with Gasteiger partial charge >= 0.3 is 0 Å². The molecule has 4 nitrogen and oxygen atoms in total. The molecule has 0 spiro atoms. The first kappa shape index (κ1) is 47.2. The van der Waals surface area contributed by atoms with Gasteiger partial charge in [0, 0.05) is 50.5 Å². The second kappa shape index (κ2) is 15.9. The fourth-order valence-electron chi connectivity index (χ4n) is 14.8. The molecule has 5 aliphatic rings. The third-order valence-electron chi connectivity index (χ3n) is 19.2. The lowest BCUT2D eigenvalue weighted by Gasteiger charge is -2.47. The Labute approximate surface area is 451 Å². The van der Waals surface area contributed by atoms with E-state index in [1.54, 1.807) is 0 Å². The zero-order valence-electron chi connectivity index (χ0n) is 46.7. The van der Waals surface area contributed by atoms with Gasteiger partial charge in [0.2, 0.25) is 0 Å². The maximum absolute atomic E-state index is 7.87. The van der Waals surface area contributed by atoms with Gasteiger partial charge in [0.25, 0.3) is 6.71 Å². The van der Waals surface area contributed by atoms with Gasteiger partial charge in [-0.1, -0.05) is 154 Å². The van der Waals surface area contributed by atoms with Crippen LogP contribution in [0.5, 0.6) is 0 Å². The molecule has 2 aliphatic heterocycles. The van der Waals surface area contributed by atoms with E-state index in [0.29, 0.717) is 0 Å². The van der Waals surface area contributed by atoms with Crippen LogP contribution in [-0.4, -0.2) is 6.71 Å². The minimum atomic E-state index is -0.207. The van der Waals surface area contributed by atoms with Crippen LogP contribution in [0.4, 0.5) is 51.2 Å². The van der Waals surface area contributed by atoms with Crippen molar-refractivity contribution >= 4 is 85.5 Å². The number of fused-ring (bicyclic) bond motifs is 11. The van der Waals surface area contributed by atoms with E-state index in [9.17, 15) is 0 Å². The van der Waals surface area contributed by atoms with Crippen molar-refractivity contribution in [1.29, 1.82) is 0 Å². The topological polar surface area (TPSA) is 22.9 Å². The minimum Gasteiger partial charge on any atom is -0.468 e. The normalized spacial score (nSPS) is 18.2. The van der Waals surface area contributed by atoms with Crippen molar-refractivity contribution in [3.05, 3.63) is 202 Å². The van der Waals surface area contributed by atoms with Gasteiger partial charge < -0.3 is 19.1 Å². The lowest BCUT2D eigenvalue weighted by atomic mass is 9.35. The summed E-state index contributed by atoms with van der Waals surface area (Å²) in [5, 5.41) is 1.18. The quantitative estimate of drug-likeness (QED) is 0.160. The number of aryl methyl sites for hydroxylation is 2. The number of rotatable bonds is 5. The maximum Gasteiger partial charge on any atom is 0.297 e. The number of anilines is 9. The fourth-order valence-corrected chi connectivity index (χ4v) is 14.8. The molecule has 0 radical (unpaired) electrons. The van der Waals surface area contributed by atoms with Crippen LogP contribution in [0.1, 0.15) is 139 Å². The smallest absolute Gasteiger partial charge is 0.297 e. The minimum absolute atomic E-state index is 0.00623. The van der Waals surface area contributed by atoms with Crippen LogP contribution in [0, 0.1) is 13.8 Å². The Morgan fingerprint density at radius 1 is 0.447 bits per heavy atom. The number of hydrogen-bond donors (Lipinski definition) is 0. The van der Waals surface area contributed by atoms with Crippen molar-refractivity contribution in [1.82, 2.24) is 0 Å². The maximum atomic E-state index is 7.87. The zero-order chi connectivity index (χ0) is 52.6. The molecule has 3 heterocycles. The summed E-state index contributed by atoms with van der Waals surface area (Å²) in [6, 6.07) is 60.6. The molecule has 5 heteroatoms. The zero-order valence-corrected chi connectivity index (χ0v) is 46.7. The van der Waals surface area contributed by atoms with Gasteiger partial charge in [-0.25, -0.2) is 0 Å². The summed E-state index contributed by atoms with van der Waals surface area (Å²) in [5.41, 5.74) is 28.3. The molecule has 0 saturated carbocycles. The van der Waals surface area contributed by atoms with Crippen LogP contribution < -0.4 is 31.3 Å². The molecule has 76 heavy (non-hydrogen) atoms. The second-order valence-electron chi connectivity index (χ2n) is 26.4. The van der Waals surface area contributed by atoms with E-state index in [1.807, 2.05) is 0 Å². The molecule has 0 N–H and O–H groups in total. The molecular formula is C71H70BN3O. The van der Waals surface area contributed by atoms with E-state index in [1.165, 1.54) is 100 Å². The van der Waals surface area contributed by atoms with Crippen LogP contribution in [0.3, 0.4) is 0 Å². The third-order valence-corrected chi connectivity index (χ3v) is 19.2. The standard InChI is InChI=1S/C71H70BN3O/c1-43-34-44(2)36-47(35-43)74-59-41-55-54(68(5,6)31-32-69(55,7)8)40-57(59)72-64-60(74)37-48(73(45-22-15-13-16-23-45)46-24-17-14-18-25-46)38-61(64)75(58-29-21-28-52-63(58)49-26-19-20-27-51(49)71(52,11)12)65-50-39-53-56(42-62(50)76-66(65)72)70(9,10)33-30-67(53,3)4/h13-29,34-42H,30-33H2,1-12H3. The molecule has 0 atom stereocenters. The summed E-state index contributed by atoms with van der Waals surface area (Å²) in [4.78, 5) is 7.79. The lowest BCUT2D eigenvalue weighted by Crippen LogP contribution is -2.61. The van der Waals surface area contributed by atoms with Gasteiger partial charge in [-0.05, 0) is 195 Å². The Bertz CT molecular complexity index is 3850. The average Bonchev–Trinajstić information content (AvgIpc) is 3.88. The third kappa shape index (κ3) is 6.69. The molecule has 0 fully saturated rings. The van der Waals surface area contributed by atoms with Crippen molar-refractivity contribution in [3.63, 3.8) is 0 Å². The molecule has 0 unspecified atom stereocenters. The largest absolute Gasteiger partial charge is 0.468 e. The summed E-state index contributed by atoms with van der Waals surface area (Å²) < 4.78 is 7.87. The second-order valence-corrected chi connectivity index (χ2v) is 26.4. The van der Waals surface area contributed by atoms with E-state index in [4.69, 9.17) is 4.42 Å². The Balaban J connectivity index is 1.19. The first-order valence-electron chi connectivity index (χ1n) is 28.0. The monoisotopic (exact) mass is 992 g/mol. The predicted octanol–water partition coefficient (Wildman–Crippen LogP) is 17.6. The lowest BCUT2D eigenvalue weighted by molar-refractivity contribution is 0.332. The fraction of sp³-hybridized carbons (Fsp3) is 0.296. The molecule has 8 aromatic carbocycles. The number of benzene rings is 8. The van der Waals surface area contributed by atoms with Gasteiger partial charge in [-0.2, -0.15) is 0 Å². The Morgan fingerprint density at radius 3 is 1.59 bits per heavy atom. The molecule has 14 rings (SSSR count).